The van der Waals surface area contributed by atoms with E-state index in [1.165, 1.54) is 12.8 Å². The maximum atomic E-state index is 12.6. The number of carbonyl (C=O) groups is 1. The van der Waals surface area contributed by atoms with Crippen LogP contribution in [0.1, 0.15) is 53.6 Å². The van der Waals surface area contributed by atoms with Crippen molar-refractivity contribution in [2.24, 2.45) is 0 Å². The van der Waals surface area contributed by atoms with E-state index in [0.717, 1.165) is 42.9 Å². The molecule has 0 unspecified atom stereocenters. The number of methoxy groups -OCH3 is 1. The van der Waals surface area contributed by atoms with Gasteiger partial charge in [0.05, 0.1) is 25.0 Å². The number of piperidine rings is 1. The number of aromatic nitrogens is 2. The van der Waals surface area contributed by atoms with Crippen molar-refractivity contribution < 1.29 is 9.53 Å². The Kier molecular flexibility index (Phi) is 4.68. The van der Waals surface area contributed by atoms with E-state index in [2.05, 4.69) is 22.4 Å². The van der Waals surface area contributed by atoms with Gasteiger partial charge in [0.1, 0.15) is 5.75 Å². The summed E-state index contributed by atoms with van der Waals surface area (Å²) in [6, 6.07) is 6.10. The summed E-state index contributed by atoms with van der Waals surface area (Å²) in [5.41, 5.74) is 2.56. The van der Waals surface area contributed by atoms with Gasteiger partial charge in [-0.1, -0.05) is 0 Å². The zero-order valence-corrected chi connectivity index (χ0v) is 15.4. The van der Waals surface area contributed by atoms with Crippen LogP contribution in [-0.2, 0) is 0 Å². The van der Waals surface area contributed by atoms with Crippen molar-refractivity contribution in [2.75, 3.05) is 32.6 Å². The van der Waals surface area contributed by atoms with Crippen LogP contribution in [0.3, 0.4) is 0 Å². The summed E-state index contributed by atoms with van der Waals surface area (Å²) in [6.07, 6.45) is 8.21. The number of hydrogen-bond acceptors (Lipinski definition) is 4. The van der Waals surface area contributed by atoms with E-state index in [1.807, 2.05) is 29.1 Å². The molecule has 1 aromatic carbocycles. The topological polar surface area (TPSA) is 59.4 Å². The molecule has 1 saturated heterocycles. The quantitative estimate of drug-likeness (QED) is 0.895. The van der Waals surface area contributed by atoms with Gasteiger partial charge in [0.15, 0.2) is 0 Å². The third-order valence-electron chi connectivity index (χ3n) is 5.43. The summed E-state index contributed by atoms with van der Waals surface area (Å²) >= 11 is 0. The molecule has 26 heavy (non-hydrogen) atoms. The van der Waals surface area contributed by atoms with Gasteiger partial charge in [0, 0.05) is 11.8 Å². The van der Waals surface area contributed by atoms with Crippen molar-refractivity contribution >= 4 is 11.6 Å². The Balaban J connectivity index is 1.44. The Hall–Kier alpha value is -2.34. The van der Waals surface area contributed by atoms with Crippen molar-refractivity contribution in [3.8, 4) is 5.75 Å². The lowest BCUT2D eigenvalue weighted by molar-refractivity contribution is 0.102. The lowest BCUT2D eigenvalue weighted by Crippen LogP contribution is -2.31. The van der Waals surface area contributed by atoms with Crippen LogP contribution in [0.5, 0.6) is 5.75 Å². The third-order valence-corrected chi connectivity index (χ3v) is 5.43. The molecule has 1 aliphatic carbocycles. The van der Waals surface area contributed by atoms with Crippen LogP contribution in [0.2, 0.25) is 0 Å². The van der Waals surface area contributed by atoms with E-state index in [-0.39, 0.29) is 5.91 Å². The number of nitrogens with one attached hydrogen (secondary N) is 1. The number of likely N-dealkylation sites (tertiary alicyclic amines) is 1. The number of anilines is 1. The molecule has 0 radical (unpaired) electrons. The van der Waals surface area contributed by atoms with E-state index >= 15 is 0 Å². The lowest BCUT2D eigenvalue weighted by atomic mass is 10.1. The normalized spacial score (nSPS) is 18.7. The summed E-state index contributed by atoms with van der Waals surface area (Å²) in [7, 11) is 3.83. The summed E-state index contributed by atoms with van der Waals surface area (Å²) in [4.78, 5) is 15.0. The van der Waals surface area contributed by atoms with Gasteiger partial charge in [0.25, 0.3) is 5.91 Å². The highest BCUT2D eigenvalue weighted by atomic mass is 16.5. The molecule has 6 nitrogen and oxygen atoms in total. The van der Waals surface area contributed by atoms with E-state index in [9.17, 15) is 4.79 Å². The number of benzene rings is 1. The zero-order chi connectivity index (χ0) is 18.1. The van der Waals surface area contributed by atoms with Gasteiger partial charge in [-0.2, -0.15) is 5.10 Å². The summed E-state index contributed by atoms with van der Waals surface area (Å²) in [6.45, 7) is 2.17. The summed E-state index contributed by atoms with van der Waals surface area (Å²) in [5, 5.41) is 7.44. The van der Waals surface area contributed by atoms with E-state index in [4.69, 9.17) is 4.74 Å². The van der Waals surface area contributed by atoms with Crippen LogP contribution >= 0.6 is 0 Å². The van der Waals surface area contributed by atoms with E-state index < -0.39 is 0 Å². The van der Waals surface area contributed by atoms with E-state index in [1.54, 1.807) is 13.3 Å². The molecular weight excluding hydrogens is 328 g/mol. The van der Waals surface area contributed by atoms with Gasteiger partial charge in [0.2, 0.25) is 0 Å². The molecule has 0 atom stereocenters. The SMILES string of the molecule is COc1ccc(C(=O)Nc2cnn(C3CCN(C)CC3)c2)cc1C1CC1. The fourth-order valence-electron chi connectivity index (χ4n) is 3.65. The van der Waals surface area contributed by atoms with E-state index in [0.29, 0.717) is 17.5 Å². The number of ether oxygens (including phenoxy) is 1. The van der Waals surface area contributed by atoms with Crippen molar-refractivity contribution in [1.82, 2.24) is 14.7 Å². The highest BCUT2D eigenvalue weighted by molar-refractivity contribution is 6.04. The third kappa shape index (κ3) is 3.60. The van der Waals surface area contributed by atoms with Gasteiger partial charge in [-0.15, -0.1) is 0 Å². The molecule has 2 aliphatic rings. The molecule has 1 amide bonds. The predicted molar refractivity (Wildman–Crippen MR) is 101 cm³/mol. The second-order valence-electron chi connectivity index (χ2n) is 7.43. The molecule has 4 rings (SSSR count). The molecule has 0 spiro atoms. The first-order chi connectivity index (χ1) is 12.6. The highest BCUT2D eigenvalue weighted by Gasteiger charge is 2.27. The van der Waals surface area contributed by atoms with Crippen molar-refractivity contribution in [1.29, 1.82) is 0 Å². The molecule has 0 bridgehead atoms. The first-order valence-corrected chi connectivity index (χ1v) is 9.36. The van der Waals surface area contributed by atoms with Crippen LogP contribution in [-0.4, -0.2) is 47.8 Å². The highest BCUT2D eigenvalue weighted by Crippen LogP contribution is 2.44. The smallest absolute Gasteiger partial charge is 0.255 e. The Morgan fingerprint density at radius 3 is 2.69 bits per heavy atom. The molecule has 6 heteroatoms. The molecule has 2 fully saturated rings. The first kappa shape index (κ1) is 17.1. The number of carbonyl (C=O) groups excluding carboxylic acids is 1. The molecule has 1 aromatic heterocycles. The molecule has 138 valence electrons. The molecule has 1 saturated carbocycles. The minimum Gasteiger partial charge on any atom is -0.496 e. The maximum absolute atomic E-state index is 12.6. The fourth-order valence-corrected chi connectivity index (χ4v) is 3.65. The summed E-state index contributed by atoms with van der Waals surface area (Å²) in [5.74, 6) is 1.31. The zero-order valence-electron chi connectivity index (χ0n) is 15.4. The molecule has 1 N–H and O–H groups in total. The Labute approximate surface area is 154 Å². The molecule has 1 aliphatic heterocycles. The van der Waals surface area contributed by atoms with Crippen molar-refractivity contribution in [2.45, 2.75) is 37.6 Å². The minimum absolute atomic E-state index is 0.0996. The molecular formula is C20H26N4O2. The van der Waals surface area contributed by atoms with Crippen LogP contribution in [0, 0.1) is 0 Å². The number of rotatable bonds is 5. The average molecular weight is 354 g/mol. The average Bonchev–Trinajstić information content (AvgIpc) is 3.41. The maximum Gasteiger partial charge on any atom is 0.255 e. The first-order valence-electron chi connectivity index (χ1n) is 9.36. The predicted octanol–water partition coefficient (Wildman–Crippen LogP) is 3.29. The Morgan fingerprint density at radius 1 is 1.23 bits per heavy atom. The van der Waals surface area contributed by atoms with Crippen molar-refractivity contribution in [3.05, 3.63) is 41.7 Å². The minimum atomic E-state index is -0.0996. The van der Waals surface area contributed by atoms with Gasteiger partial charge in [-0.25, -0.2) is 0 Å². The van der Waals surface area contributed by atoms with Crippen LogP contribution < -0.4 is 10.1 Å². The number of hydrogen-bond donors (Lipinski definition) is 1. The standard InChI is InChI=1S/C20H26N4O2/c1-23-9-7-17(8-10-23)24-13-16(12-21-24)22-20(25)15-5-6-19(26-2)18(11-15)14-3-4-14/h5-6,11-14,17H,3-4,7-10H2,1-2H3,(H,22,25). The lowest BCUT2D eigenvalue weighted by Gasteiger charge is -2.28. The fraction of sp³-hybridized carbons (Fsp3) is 0.500. The second-order valence-corrected chi connectivity index (χ2v) is 7.43. The molecule has 2 heterocycles. The van der Waals surface area contributed by atoms with Crippen LogP contribution in [0.25, 0.3) is 0 Å². The summed E-state index contributed by atoms with van der Waals surface area (Å²) < 4.78 is 7.42. The Morgan fingerprint density at radius 2 is 2.00 bits per heavy atom. The van der Waals surface area contributed by atoms with Crippen LogP contribution in [0.15, 0.2) is 30.6 Å². The van der Waals surface area contributed by atoms with Gasteiger partial charge >= 0.3 is 0 Å². The Bertz CT molecular complexity index is 789. The molecule has 2 aromatic rings. The van der Waals surface area contributed by atoms with Gasteiger partial charge < -0.3 is 15.0 Å². The van der Waals surface area contributed by atoms with Crippen LogP contribution in [0.4, 0.5) is 5.69 Å². The van der Waals surface area contributed by atoms with Gasteiger partial charge in [-0.05, 0) is 75.5 Å². The monoisotopic (exact) mass is 354 g/mol. The van der Waals surface area contributed by atoms with Gasteiger partial charge in [-0.3, -0.25) is 9.48 Å². The number of amides is 1. The van der Waals surface area contributed by atoms with Crippen molar-refractivity contribution in [3.63, 3.8) is 0 Å². The largest absolute Gasteiger partial charge is 0.496 e. The second kappa shape index (κ2) is 7.11. The number of nitrogens with zero attached hydrogens (tertiary/aromatic N) is 3.